The van der Waals surface area contributed by atoms with Crippen molar-refractivity contribution in [2.24, 2.45) is 5.92 Å². The van der Waals surface area contributed by atoms with Gasteiger partial charge in [-0.1, -0.05) is 26.8 Å². The van der Waals surface area contributed by atoms with Crippen molar-refractivity contribution in [2.75, 3.05) is 6.61 Å². The molecule has 2 atom stereocenters. The van der Waals surface area contributed by atoms with E-state index in [1.807, 2.05) is 24.4 Å². The summed E-state index contributed by atoms with van der Waals surface area (Å²) < 4.78 is 0. The number of amides is 2. The second kappa shape index (κ2) is 8.17. The second-order valence-corrected chi connectivity index (χ2v) is 6.08. The molecule has 0 aliphatic heterocycles. The number of rotatable bonds is 7. The molecule has 0 saturated carbocycles. The number of hydrogen-bond acceptors (Lipinski definition) is 3. The Labute approximate surface area is 119 Å². The lowest BCUT2D eigenvalue weighted by molar-refractivity contribution is 0.204. The highest BCUT2D eigenvalue weighted by Crippen LogP contribution is 2.21. The fourth-order valence-electron chi connectivity index (χ4n) is 2.00. The van der Waals surface area contributed by atoms with Gasteiger partial charge >= 0.3 is 6.03 Å². The molecule has 108 valence electrons. The highest BCUT2D eigenvalue weighted by atomic mass is 32.1. The largest absolute Gasteiger partial charge is 0.394 e. The van der Waals surface area contributed by atoms with E-state index in [0.717, 1.165) is 17.7 Å². The highest BCUT2D eigenvalue weighted by molar-refractivity contribution is 7.10. The Morgan fingerprint density at radius 2 is 2.16 bits per heavy atom. The van der Waals surface area contributed by atoms with Crippen molar-refractivity contribution >= 4 is 17.4 Å². The van der Waals surface area contributed by atoms with E-state index in [4.69, 9.17) is 0 Å². The van der Waals surface area contributed by atoms with Crippen LogP contribution >= 0.6 is 11.3 Å². The van der Waals surface area contributed by atoms with Crippen LogP contribution in [0.15, 0.2) is 17.5 Å². The minimum absolute atomic E-state index is 0.0264. The molecule has 0 radical (unpaired) electrons. The maximum Gasteiger partial charge on any atom is 0.315 e. The van der Waals surface area contributed by atoms with E-state index in [2.05, 4.69) is 24.5 Å². The van der Waals surface area contributed by atoms with Gasteiger partial charge in [0, 0.05) is 4.88 Å². The van der Waals surface area contributed by atoms with Gasteiger partial charge in [-0.3, -0.25) is 0 Å². The van der Waals surface area contributed by atoms with Crippen LogP contribution in [0.3, 0.4) is 0 Å². The van der Waals surface area contributed by atoms with E-state index < -0.39 is 0 Å². The zero-order valence-electron chi connectivity index (χ0n) is 11.8. The van der Waals surface area contributed by atoms with Crippen molar-refractivity contribution < 1.29 is 9.90 Å². The van der Waals surface area contributed by atoms with Crippen LogP contribution in [0.25, 0.3) is 0 Å². The molecule has 0 unspecified atom stereocenters. The lowest BCUT2D eigenvalue weighted by Crippen LogP contribution is -2.45. The lowest BCUT2D eigenvalue weighted by atomic mass is 10.0. The molecule has 1 heterocycles. The number of carbonyl (C=O) groups excluding carboxylic acids is 1. The smallest absolute Gasteiger partial charge is 0.315 e. The molecular weight excluding hydrogens is 260 g/mol. The molecule has 5 heteroatoms. The summed E-state index contributed by atoms with van der Waals surface area (Å²) in [6.45, 7) is 6.16. The van der Waals surface area contributed by atoms with Crippen LogP contribution < -0.4 is 10.6 Å². The Morgan fingerprint density at radius 1 is 1.42 bits per heavy atom. The number of nitrogens with one attached hydrogen (secondary N) is 2. The van der Waals surface area contributed by atoms with E-state index >= 15 is 0 Å². The summed E-state index contributed by atoms with van der Waals surface area (Å²) in [5, 5.41) is 17.1. The van der Waals surface area contributed by atoms with Gasteiger partial charge < -0.3 is 15.7 Å². The fraction of sp³-hybridized carbons (Fsp3) is 0.643. The predicted octanol–water partition coefficient (Wildman–Crippen LogP) is 2.91. The summed E-state index contributed by atoms with van der Waals surface area (Å²) in [6, 6.07) is 3.66. The van der Waals surface area contributed by atoms with E-state index in [1.165, 1.54) is 0 Å². The average molecular weight is 284 g/mol. The molecular formula is C14H24N2O2S. The standard InChI is InChI=1S/C14H24N2O2S/c1-4-12(13-6-5-7-19-13)16-14(18)15-11(9-17)8-10(2)3/h5-7,10-12,17H,4,8-9H2,1-3H3,(H2,15,16,18)/t11-,12-/m1/s1. The molecule has 0 spiro atoms. The molecule has 4 nitrogen and oxygen atoms in total. The summed E-state index contributed by atoms with van der Waals surface area (Å²) in [5.41, 5.74) is 0. The van der Waals surface area contributed by atoms with Gasteiger partial charge in [0.2, 0.25) is 0 Å². The van der Waals surface area contributed by atoms with Crippen molar-refractivity contribution in [3.8, 4) is 0 Å². The minimum Gasteiger partial charge on any atom is -0.394 e. The molecule has 0 aromatic carbocycles. The van der Waals surface area contributed by atoms with Gasteiger partial charge in [-0.2, -0.15) is 0 Å². The monoisotopic (exact) mass is 284 g/mol. The Balaban J connectivity index is 2.48. The first-order chi connectivity index (χ1) is 9.06. The topological polar surface area (TPSA) is 61.4 Å². The van der Waals surface area contributed by atoms with Gasteiger partial charge in [-0.05, 0) is 30.2 Å². The van der Waals surface area contributed by atoms with Crippen molar-refractivity contribution in [3.63, 3.8) is 0 Å². The van der Waals surface area contributed by atoms with Gasteiger partial charge in [0.15, 0.2) is 0 Å². The second-order valence-electron chi connectivity index (χ2n) is 5.10. The highest BCUT2D eigenvalue weighted by Gasteiger charge is 2.17. The molecule has 0 bridgehead atoms. The number of aliphatic hydroxyl groups is 1. The van der Waals surface area contributed by atoms with Gasteiger partial charge in [0.1, 0.15) is 0 Å². The van der Waals surface area contributed by atoms with E-state index in [0.29, 0.717) is 5.92 Å². The van der Waals surface area contributed by atoms with Crippen molar-refractivity contribution in [1.82, 2.24) is 10.6 Å². The normalized spacial score (nSPS) is 14.2. The third-order valence-electron chi connectivity index (χ3n) is 2.91. The van der Waals surface area contributed by atoms with E-state index in [1.54, 1.807) is 11.3 Å². The summed E-state index contributed by atoms with van der Waals surface area (Å²) in [6.07, 6.45) is 1.63. The van der Waals surface area contributed by atoms with Crippen LogP contribution in [0.1, 0.15) is 44.5 Å². The molecule has 0 saturated heterocycles. The summed E-state index contributed by atoms with van der Waals surface area (Å²) in [4.78, 5) is 13.1. The number of hydrogen-bond donors (Lipinski definition) is 3. The number of aliphatic hydroxyl groups excluding tert-OH is 1. The molecule has 19 heavy (non-hydrogen) atoms. The lowest BCUT2D eigenvalue weighted by Gasteiger charge is -2.21. The first kappa shape index (κ1) is 16.0. The van der Waals surface area contributed by atoms with E-state index in [9.17, 15) is 9.90 Å². The van der Waals surface area contributed by atoms with Crippen LogP contribution in [-0.4, -0.2) is 23.8 Å². The Kier molecular flexibility index (Phi) is 6.87. The maximum absolute atomic E-state index is 11.9. The number of urea groups is 1. The average Bonchev–Trinajstić information content (AvgIpc) is 2.88. The van der Waals surface area contributed by atoms with Crippen molar-refractivity contribution in [2.45, 2.75) is 45.7 Å². The molecule has 3 N–H and O–H groups in total. The van der Waals surface area contributed by atoms with Crippen molar-refractivity contribution in [1.29, 1.82) is 0 Å². The number of carbonyl (C=O) groups is 1. The zero-order chi connectivity index (χ0) is 14.3. The molecule has 2 amide bonds. The molecule has 0 fully saturated rings. The molecule has 0 aliphatic carbocycles. The maximum atomic E-state index is 11.9. The van der Waals surface area contributed by atoms with Crippen LogP contribution in [0.2, 0.25) is 0 Å². The molecule has 1 rings (SSSR count). The fourth-order valence-corrected chi connectivity index (χ4v) is 2.86. The molecule has 1 aromatic rings. The van der Waals surface area contributed by atoms with Gasteiger partial charge in [-0.15, -0.1) is 11.3 Å². The quantitative estimate of drug-likeness (QED) is 0.721. The minimum atomic E-state index is -0.208. The predicted molar refractivity (Wildman–Crippen MR) is 79.3 cm³/mol. The van der Waals surface area contributed by atoms with Crippen molar-refractivity contribution in [3.05, 3.63) is 22.4 Å². The Hall–Kier alpha value is -1.07. The first-order valence-corrected chi connectivity index (χ1v) is 7.66. The Morgan fingerprint density at radius 3 is 2.63 bits per heavy atom. The third-order valence-corrected chi connectivity index (χ3v) is 3.90. The zero-order valence-corrected chi connectivity index (χ0v) is 12.7. The van der Waals surface area contributed by atoms with Crippen LogP contribution in [0, 0.1) is 5.92 Å². The van der Waals surface area contributed by atoms with Gasteiger partial charge in [0.05, 0.1) is 18.7 Å². The van der Waals surface area contributed by atoms with Gasteiger partial charge in [-0.25, -0.2) is 4.79 Å². The summed E-state index contributed by atoms with van der Waals surface area (Å²) in [5.74, 6) is 0.441. The van der Waals surface area contributed by atoms with Crippen LogP contribution in [0.4, 0.5) is 4.79 Å². The van der Waals surface area contributed by atoms with E-state index in [-0.39, 0.29) is 24.7 Å². The summed E-state index contributed by atoms with van der Waals surface area (Å²) >= 11 is 1.64. The first-order valence-electron chi connectivity index (χ1n) is 6.78. The SMILES string of the molecule is CC[C@@H](NC(=O)N[C@@H](CO)CC(C)C)c1cccs1. The Bertz CT molecular complexity index is 366. The molecule has 1 aromatic heterocycles. The van der Waals surface area contributed by atoms with Gasteiger partial charge in [0.25, 0.3) is 0 Å². The van der Waals surface area contributed by atoms with Crippen LogP contribution in [-0.2, 0) is 0 Å². The molecule has 0 aliphatic rings. The number of thiophene rings is 1. The third kappa shape index (κ3) is 5.61. The van der Waals surface area contributed by atoms with Crippen LogP contribution in [0.5, 0.6) is 0 Å². The summed E-state index contributed by atoms with van der Waals surface area (Å²) in [7, 11) is 0.